The number of thiophene rings is 1. The van der Waals surface area contributed by atoms with E-state index in [9.17, 15) is 4.79 Å². The van der Waals surface area contributed by atoms with Crippen LogP contribution in [-0.4, -0.2) is 38.4 Å². The molecular formula is C19H19ClN4OS. The normalized spacial score (nSPS) is 17.4. The first-order valence-electron chi connectivity index (χ1n) is 8.65. The summed E-state index contributed by atoms with van der Waals surface area (Å²) in [5.41, 5.74) is 1.19. The van der Waals surface area contributed by atoms with Crippen LogP contribution in [0.5, 0.6) is 0 Å². The molecule has 1 amide bonds. The molecule has 0 radical (unpaired) electrons. The van der Waals surface area contributed by atoms with Crippen LogP contribution in [0.15, 0.2) is 49.1 Å². The second-order valence-electron chi connectivity index (χ2n) is 6.46. The Morgan fingerprint density at radius 1 is 1.23 bits per heavy atom. The zero-order valence-electron chi connectivity index (χ0n) is 14.2. The smallest absolute Gasteiger partial charge is 0.263 e. The third kappa shape index (κ3) is 3.66. The van der Waals surface area contributed by atoms with E-state index in [0.717, 1.165) is 31.8 Å². The predicted molar refractivity (Wildman–Crippen MR) is 103 cm³/mol. The van der Waals surface area contributed by atoms with Crippen LogP contribution in [0.4, 0.5) is 0 Å². The summed E-state index contributed by atoms with van der Waals surface area (Å²) in [6.07, 6.45) is 9.49. The number of likely N-dealkylation sites (tertiary alicyclic amines) is 1. The highest BCUT2D eigenvalue weighted by molar-refractivity contribution is 7.17. The molecule has 1 aliphatic rings. The van der Waals surface area contributed by atoms with Crippen LogP contribution in [0, 0.1) is 0 Å². The number of nitrogens with zero attached hydrogens (tertiary/aromatic N) is 4. The Bertz CT molecular complexity index is 892. The molecule has 134 valence electrons. The summed E-state index contributed by atoms with van der Waals surface area (Å²) < 4.78 is 2.82. The monoisotopic (exact) mass is 386 g/mol. The molecule has 0 unspecified atom stereocenters. The van der Waals surface area contributed by atoms with Crippen molar-refractivity contribution >= 4 is 28.8 Å². The molecule has 0 aliphatic carbocycles. The molecule has 3 aromatic heterocycles. The molecule has 4 heterocycles. The van der Waals surface area contributed by atoms with Gasteiger partial charge in [-0.05, 0) is 42.7 Å². The lowest BCUT2D eigenvalue weighted by Gasteiger charge is -2.32. The number of carbonyl (C=O) groups excluding carboxylic acids is 1. The van der Waals surface area contributed by atoms with Gasteiger partial charge in [0.1, 0.15) is 5.82 Å². The summed E-state index contributed by atoms with van der Waals surface area (Å²) in [4.78, 5) is 24.1. The van der Waals surface area contributed by atoms with Crippen LogP contribution in [0.1, 0.15) is 39.8 Å². The Morgan fingerprint density at radius 3 is 2.85 bits per heavy atom. The Kier molecular flexibility index (Phi) is 5.04. The molecule has 1 aliphatic heterocycles. The van der Waals surface area contributed by atoms with E-state index < -0.39 is 0 Å². The topological polar surface area (TPSA) is 51.0 Å². The van der Waals surface area contributed by atoms with E-state index in [2.05, 4.69) is 14.5 Å². The van der Waals surface area contributed by atoms with E-state index >= 15 is 0 Å². The van der Waals surface area contributed by atoms with Gasteiger partial charge in [-0.1, -0.05) is 11.6 Å². The number of hydrogen-bond acceptors (Lipinski definition) is 4. The number of aromatic nitrogens is 3. The molecule has 0 spiro atoms. The molecule has 26 heavy (non-hydrogen) atoms. The van der Waals surface area contributed by atoms with Gasteiger partial charge < -0.3 is 9.47 Å². The lowest BCUT2D eigenvalue weighted by Crippen LogP contribution is -2.39. The first-order chi connectivity index (χ1) is 12.7. The minimum absolute atomic E-state index is 0.0684. The highest BCUT2D eigenvalue weighted by atomic mass is 35.5. The minimum atomic E-state index is 0.0684. The summed E-state index contributed by atoms with van der Waals surface area (Å²) in [5.74, 6) is 1.36. The van der Waals surface area contributed by atoms with E-state index in [1.165, 1.54) is 16.9 Å². The maximum Gasteiger partial charge on any atom is 0.263 e. The van der Waals surface area contributed by atoms with Crippen molar-refractivity contribution in [2.45, 2.75) is 25.3 Å². The first kappa shape index (κ1) is 17.2. The fourth-order valence-electron chi connectivity index (χ4n) is 3.46. The van der Waals surface area contributed by atoms with Crippen LogP contribution in [-0.2, 0) is 6.54 Å². The zero-order valence-corrected chi connectivity index (χ0v) is 15.8. The molecule has 0 bridgehead atoms. The highest BCUT2D eigenvalue weighted by Gasteiger charge is 2.28. The van der Waals surface area contributed by atoms with Crippen molar-refractivity contribution in [2.75, 3.05) is 13.1 Å². The highest BCUT2D eigenvalue weighted by Crippen LogP contribution is 2.29. The maximum atomic E-state index is 12.7. The SMILES string of the molecule is O=C(c1ccc(Cl)s1)N1CCC[C@H](c2nccn2Cc2ccncc2)C1. The van der Waals surface area contributed by atoms with Crippen LogP contribution in [0.3, 0.4) is 0 Å². The summed E-state index contributed by atoms with van der Waals surface area (Å²) in [7, 11) is 0. The summed E-state index contributed by atoms with van der Waals surface area (Å²) in [6.45, 7) is 2.25. The number of imidazole rings is 1. The molecule has 0 saturated carbocycles. The summed E-state index contributed by atoms with van der Waals surface area (Å²) in [5, 5.41) is 0. The van der Waals surface area contributed by atoms with Gasteiger partial charge in [-0.2, -0.15) is 0 Å². The van der Waals surface area contributed by atoms with Crippen molar-refractivity contribution in [3.05, 3.63) is 69.7 Å². The lowest BCUT2D eigenvalue weighted by molar-refractivity contribution is 0.0708. The maximum absolute atomic E-state index is 12.7. The van der Waals surface area contributed by atoms with Crippen LogP contribution in [0.2, 0.25) is 4.34 Å². The van der Waals surface area contributed by atoms with Crippen LogP contribution in [0.25, 0.3) is 0 Å². The standard InChI is InChI=1S/C19H19ClN4OS/c20-17-4-3-16(26-17)19(25)24-10-1-2-15(13-24)18-22-9-11-23(18)12-14-5-7-21-8-6-14/h3-9,11,15H,1-2,10,12-13H2/t15-/m0/s1. The molecule has 0 N–H and O–H groups in total. The van der Waals surface area contributed by atoms with Gasteiger partial charge in [0.05, 0.1) is 9.21 Å². The van der Waals surface area contributed by atoms with Crippen molar-refractivity contribution in [1.82, 2.24) is 19.4 Å². The van der Waals surface area contributed by atoms with Crippen molar-refractivity contribution in [1.29, 1.82) is 0 Å². The number of piperidine rings is 1. The lowest BCUT2D eigenvalue weighted by atomic mass is 9.97. The third-order valence-corrected chi connectivity index (χ3v) is 5.93. The molecule has 7 heteroatoms. The number of halogens is 1. The Balaban J connectivity index is 1.50. The fourth-order valence-corrected chi connectivity index (χ4v) is 4.47. The van der Waals surface area contributed by atoms with E-state index in [4.69, 9.17) is 11.6 Å². The molecular weight excluding hydrogens is 368 g/mol. The van der Waals surface area contributed by atoms with Gasteiger partial charge in [-0.15, -0.1) is 11.3 Å². The Morgan fingerprint density at radius 2 is 2.08 bits per heavy atom. The fraction of sp³-hybridized carbons (Fsp3) is 0.316. The van der Waals surface area contributed by atoms with E-state index in [-0.39, 0.29) is 11.8 Å². The largest absolute Gasteiger partial charge is 0.337 e. The predicted octanol–water partition coefficient (Wildman–Crippen LogP) is 4.06. The van der Waals surface area contributed by atoms with Gasteiger partial charge in [-0.3, -0.25) is 9.78 Å². The average Bonchev–Trinajstić information content (AvgIpc) is 3.31. The van der Waals surface area contributed by atoms with Gasteiger partial charge in [0.25, 0.3) is 5.91 Å². The van der Waals surface area contributed by atoms with Gasteiger partial charge in [-0.25, -0.2) is 4.98 Å². The van der Waals surface area contributed by atoms with Gasteiger partial charge in [0.2, 0.25) is 0 Å². The van der Waals surface area contributed by atoms with Crippen molar-refractivity contribution < 1.29 is 4.79 Å². The number of pyridine rings is 1. The Hall–Kier alpha value is -2.18. The quantitative estimate of drug-likeness (QED) is 0.679. The molecule has 3 aromatic rings. The second-order valence-corrected chi connectivity index (χ2v) is 8.18. The zero-order chi connectivity index (χ0) is 17.9. The van der Waals surface area contributed by atoms with Gasteiger partial charge >= 0.3 is 0 Å². The van der Waals surface area contributed by atoms with Gasteiger partial charge in [0, 0.05) is 50.3 Å². The molecule has 1 saturated heterocycles. The number of amides is 1. The molecule has 4 rings (SSSR count). The molecule has 1 fully saturated rings. The van der Waals surface area contributed by atoms with Gasteiger partial charge in [0.15, 0.2) is 0 Å². The molecule has 5 nitrogen and oxygen atoms in total. The first-order valence-corrected chi connectivity index (χ1v) is 9.84. The number of hydrogen-bond donors (Lipinski definition) is 0. The van der Waals surface area contributed by atoms with E-state index in [0.29, 0.717) is 15.8 Å². The van der Waals surface area contributed by atoms with Crippen molar-refractivity contribution in [2.24, 2.45) is 0 Å². The summed E-state index contributed by atoms with van der Waals surface area (Å²) in [6, 6.07) is 7.62. The third-order valence-electron chi connectivity index (χ3n) is 4.71. The molecule has 0 aromatic carbocycles. The van der Waals surface area contributed by atoms with Crippen LogP contribution >= 0.6 is 22.9 Å². The van der Waals surface area contributed by atoms with Crippen molar-refractivity contribution in [3.63, 3.8) is 0 Å². The average molecular weight is 387 g/mol. The molecule has 1 atom stereocenters. The second kappa shape index (κ2) is 7.60. The minimum Gasteiger partial charge on any atom is -0.337 e. The Labute approximate surface area is 161 Å². The number of carbonyl (C=O) groups is 1. The van der Waals surface area contributed by atoms with Crippen molar-refractivity contribution in [3.8, 4) is 0 Å². The van der Waals surface area contributed by atoms with Crippen LogP contribution < -0.4 is 0 Å². The summed E-state index contributed by atoms with van der Waals surface area (Å²) >= 11 is 7.32. The number of rotatable bonds is 4. The van der Waals surface area contributed by atoms with E-state index in [1.807, 2.05) is 35.5 Å². The van der Waals surface area contributed by atoms with E-state index in [1.54, 1.807) is 18.5 Å².